The van der Waals surface area contributed by atoms with Crippen molar-refractivity contribution in [3.05, 3.63) is 23.8 Å². The fraction of sp³-hybridized carbons (Fsp3) is 0.710. The maximum Gasteiger partial charge on any atom is 0.224 e. The van der Waals surface area contributed by atoms with Gasteiger partial charge >= 0.3 is 0 Å². The Labute approximate surface area is 246 Å². The van der Waals surface area contributed by atoms with E-state index in [0.717, 1.165) is 12.0 Å². The van der Waals surface area contributed by atoms with Crippen molar-refractivity contribution in [1.29, 1.82) is 0 Å². The highest BCUT2D eigenvalue weighted by Gasteiger charge is 2.32. The van der Waals surface area contributed by atoms with Crippen LogP contribution in [0.25, 0.3) is 0 Å². The molecule has 1 aromatic rings. The summed E-state index contributed by atoms with van der Waals surface area (Å²) in [7, 11) is 1.64. The van der Waals surface area contributed by atoms with Gasteiger partial charge in [0.2, 0.25) is 17.7 Å². The molecule has 0 saturated carbocycles. The number of benzene rings is 1. The van der Waals surface area contributed by atoms with E-state index in [-0.39, 0.29) is 49.0 Å². The Morgan fingerprint density at radius 1 is 1.05 bits per heavy atom. The van der Waals surface area contributed by atoms with Crippen LogP contribution in [0.15, 0.2) is 18.2 Å². The van der Waals surface area contributed by atoms with Gasteiger partial charge in [-0.1, -0.05) is 33.8 Å². The van der Waals surface area contributed by atoms with Crippen molar-refractivity contribution < 1.29 is 29.0 Å². The number of carbonyl (C=O) groups excluding carboxylic acids is 3. The molecule has 234 valence electrons. The van der Waals surface area contributed by atoms with E-state index in [1.807, 2.05) is 52.8 Å². The van der Waals surface area contributed by atoms with E-state index in [1.54, 1.807) is 21.0 Å². The van der Waals surface area contributed by atoms with Crippen molar-refractivity contribution in [3.63, 3.8) is 0 Å². The normalized spacial score (nSPS) is 14.8. The summed E-state index contributed by atoms with van der Waals surface area (Å²) in [6.45, 7) is 14.3. The minimum Gasteiger partial charge on any atom is -0.491 e. The number of aliphatic hydroxyl groups is 1. The predicted molar refractivity (Wildman–Crippen MR) is 162 cm³/mol. The summed E-state index contributed by atoms with van der Waals surface area (Å²) < 4.78 is 10.9. The molecule has 10 nitrogen and oxygen atoms in total. The molecule has 0 bridgehead atoms. The van der Waals surface area contributed by atoms with Crippen molar-refractivity contribution in [3.8, 4) is 5.75 Å². The van der Waals surface area contributed by atoms with Crippen LogP contribution in [-0.4, -0.2) is 61.8 Å². The van der Waals surface area contributed by atoms with Gasteiger partial charge in [-0.05, 0) is 69.1 Å². The topological polar surface area (TPSA) is 166 Å². The third-order valence-electron chi connectivity index (χ3n) is 7.63. The smallest absolute Gasteiger partial charge is 0.224 e. The van der Waals surface area contributed by atoms with E-state index in [0.29, 0.717) is 31.1 Å². The summed E-state index contributed by atoms with van der Waals surface area (Å²) in [5, 5.41) is 16.8. The number of methoxy groups -OCH3 is 1. The lowest BCUT2D eigenvalue weighted by atomic mass is 9.81. The third kappa shape index (κ3) is 12.8. The number of rotatable bonds is 19. The highest BCUT2D eigenvalue weighted by molar-refractivity contribution is 5.92. The van der Waals surface area contributed by atoms with Gasteiger partial charge in [0, 0.05) is 45.1 Å². The fourth-order valence-corrected chi connectivity index (χ4v) is 4.43. The molecule has 0 radical (unpaired) electrons. The van der Waals surface area contributed by atoms with Gasteiger partial charge < -0.3 is 36.7 Å². The number of amides is 3. The Balaban J connectivity index is 2.82. The van der Waals surface area contributed by atoms with Crippen molar-refractivity contribution >= 4 is 23.4 Å². The summed E-state index contributed by atoms with van der Waals surface area (Å²) in [5.41, 5.74) is 12.6. The summed E-state index contributed by atoms with van der Waals surface area (Å²) in [6, 6.07) is 5.04. The molecule has 1 rings (SSSR count). The van der Waals surface area contributed by atoms with Gasteiger partial charge in [-0.25, -0.2) is 0 Å². The lowest BCUT2D eigenvalue weighted by molar-refractivity contribution is -0.130. The molecule has 3 amide bonds. The van der Waals surface area contributed by atoms with Gasteiger partial charge in [-0.15, -0.1) is 0 Å². The standard InChI is InChI=1S/C31H54N4O6/c1-19(2)22(16-28(37)35-25-14-21(5)10-11-27(25)41-13-9-12-40-8)15-24(32)26(36)17-23(20(3)4)29(38)34-18-31(6,7)30(33)39/h10-11,14,19-20,22-24,26,36H,9,12-13,15-18,32H2,1-8H3,(H2,33,39)(H,34,38)(H,35,37)/t22-,23+,24+,26+/m1/s1. The molecule has 0 fully saturated rings. The van der Waals surface area contributed by atoms with E-state index < -0.39 is 29.4 Å². The number of anilines is 1. The zero-order valence-electron chi connectivity index (χ0n) is 26.3. The lowest BCUT2D eigenvalue weighted by Crippen LogP contribution is -2.46. The Morgan fingerprint density at radius 3 is 2.27 bits per heavy atom. The van der Waals surface area contributed by atoms with Crippen LogP contribution in [0.5, 0.6) is 5.75 Å². The molecule has 0 aliphatic rings. The Bertz CT molecular complexity index is 981. The van der Waals surface area contributed by atoms with Crippen molar-refractivity contribution in [1.82, 2.24) is 5.32 Å². The number of nitrogens with one attached hydrogen (secondary N) is 2. The maximum atomic E-state index is 13.1. The molecule has 0 unspecified atom stereocenters. The van der Waals surface area contributed by atoms with Crippen LogP contribution in [0.1, 0.15) is 72.8 Å². The van der Waals surface area contributed by atoms with Crippen LogP contribution < -0.4 is 26.8 Å². The first kappa shape index (κ1) is 36.3. The third-order valence-corrected chi connectivity index (χ3v) is 7.63. The van der Waals surface area contributed by atoms with Crippen LogP contribution >= 0.6 is 0 Å². The zero-order valence-corrected chi connectivity index (χ0v) is 26.3. The van der Waals surface area contributed by atoms with Crippen molar-refractivity contribution in [2.45, 2.75) is 86.3 Å². The Hall–Kier alpha value is -2.69. The molecule has 41 heavy (non-hydrogen) atoms. The average molecular weight is 579 g/mol. The number of aliphatic hydroxyl groups excluding tert-OH is 1. The Kier molecular flexibility index (Phi) is 15.3. The first-order valence-electron chi connectivity index (χ1n) is 14.6. The lowest BCUT2D eigenvalue weighted by Gasteiger charge is -2.30. The molecule has 1 aromatic carbocycles. The van der Waals surface area contributed by atoms with Gasteiger partial charge in [0.1, 0.15) is 5.75 Å². The maximum absolute atomic E-state index is 13.1. The van der Waals surface area contributed by atoms with Crippen LogP contribution in [0.3, 0.4) is 0 Å². The number of ether oxygens (including phenoxy) is 2. The molecule has 0 aliphatic carbocycles. The van der Waals surface area contributed by atoms with Gasteiger partial charge in [-0.2, -0.15) is 0 Å². The van der Waals surface area contributed by atoms with E-state index in [2.05, 4.69) is 10.6 Å². The predicted octanol–water partition coefficient (Wildman–Crippen LogP) is 3.38. The quantitative estimate of drug-likeness (QED) is 0.157. The SMILES string of the molecule is COCCCOc1ccc(C)cc1NC(=O)C[C@@H](C[C@H](N)[C@@H](O)C[C@H](C(=O)NCC(C)(C)C(N)=O)C(C)C)C(C)C. The summed E-state index contributed by atoms with van der Waals surface area (Å²) in [4.78, 5) is 37.6. The van der Waals surface area contributed by atoms with Crippen LogP contribution in [0, 0.1) is 36.0 Å². The number of hydrogen-bond donors (Lipinski definition) is 5. The molecule has 10 heteroatoms. The van der Waals surface area contributed by atoms with Gasteiger partial charge in [0.05, 0.1) is 23.8 Å². The fourth-order valence-electron chi connectivity index (χ4n) is 4.43. The van der Waals surface area contributed by atoms with Crippen LogP contribution in [-0.2, 0) is 19.1 Å². The van der Waals surface area contributed by atoms with Gasteiger partial charge in [-0.3, -0.25) is 14.4 Å². The second-order valence-corrected chi connectivity index (χ2v) is 12.5. The number of nitrogens with two attached hydrogens (primary N) is 2. The number of aryl methyl sites for hydroxylation is 1. The highest BCUT2D eigenvalue weighted by atomic mass is 16.5. The molecule has 0 heterocycles. The summed E-state index contributed by atoms with van der Waals surface area (Å²) in [6.07, 6.45) is 0.613. The van der Waals surface area contributed by atoms with E-state index in [1.165, 1.54) is 0 Å². The van der Waals surface area contributed by atoms with Crippen molar-refractivity contribution in [2.24, 2.45) is 40.6 Å². The molecule has 4 atom stereocenters. The average Bonchev–Trinajstić information content (AvgIpc) is 2.88. The first-order valence-corrected chi connectivity index (χ1v) is 14.6. The minimum absolute atomic E-state index is 0.0551. The van der Waals surface area contributed by atoms with E-state index >= 15 is 0 Å². The Morgan fingerprint density at radius 2 is 1.71 bits per heavy atom. The molecule has 0 spiro atoms. The van der Waals surface area contributed by atoms with E-state index in [9.17, 15) is 19.5 Å². The zero-order chi connectivity index (χ0) is 31.3. The summed E-state index contributed by atoms with van der Waals surface area (Å²) >= 11 is 0. The molecule has 0 aromatic heterocycles. The minimum atomic E-state index is -0.939. The second-order valence-electron chi connectivity index (χ2n) is 12.5. The van der Waals surface area contributed by atoms with Crippen molar-refractivity contribution in [2.75, 3.05) is 32.2 Å². The molecular formula is C31H54N4O6. The number of primary amides is 1. The molecule has 0 aliphatic heterocycles. The van der Waals surface area contributed by atoms with Crippen LogP contribution in [0.4, 0.5) is 5.69 Å². The molecule has 7 N–H and O–H groups in total. The highest BCUT2D eigenvalue weighted by Crippen LogP contribution is 2.29. The second kappa shape index (κ2) is 17.3. The summed E-state index contributed by atoms with van der Waals surface area (Å²) in [5.74, 6) is -0.805. The first-order chi connectivity index (χ1) is 19.1. The number of carbonyl (C=O) groups is 3. The van der Waals surface area contributed by atoms with E-state index in [4.69, 9.17) is 20.9 Å². The van der Waals surface area contributed by atoms with Crippen LogP contribution in [0.2, 0.25) is 0 Å². The molecular weight excluding hydrogens is 524 g/mol. The van der Waals surface area contributed by atoms with Gasteiger partial charge in [0.15, 0.2) is 0 Å². The monoisotopic (exact) mass is 578 g/mol. The van der Waals surface area contributed by atoms with Gasteiger partial charge in [0.25, 0.3) is 0 Å². The number of hydrogen-bond acceptors (Lipinski definition) is 7. The largest absolute Gasteiger partial charge is 0.491 e. The molecule has 0 saturated heterocycles.